The van der Waals surface area contributed by atoms with Crippen molar-refractivity contribution in [3.63, 3.8) is 0 Å². The predicted molar refractivity (Wildman–Crippen MR) is 91.0 cm³/mol. The molecule has 2 aliphatic heterocycles. The number of amides is 1. The highest BCUT2D eigenvalue weighted by molar-refractivity contribution is 5.85. The number of aliphatic hydroxyl groups is 1. The number of carbonyl (C=O) groups excluding carboxylic acids is 1. The quantitative estimate of drug-likeness (QED) is 0.731. The molecule has 0 aliphatic carbocycles. The summed E-state index contributed by atoms with van der Waals surface area (Å²) < 4.78 is 5.26. The van der Waals surface area contributed by atoms with Gasteiger partial charge in [0.25, 0.3) is 0 Å². The van der Waals surface area contributed by atoms with Crippen LogP contribution >= 0.6 is 24.8 Å². The molecule has 6 nitrogen and oxygen atoms in total. The van der Waals surface area contributed by atoms with E-state index in [0.717, 1.165) is 25.9 Å². The van der Waals surface area contributed by atoms with Crippen molar-refractivity contribution < 1.29 is 14.6 Å². The van der Waals surface area contributed by atoms with Crippen LogP contribution in [0.1, 0.15) is 19.8 Å². The van der Waals surface area contributed by atoms with E-state index in [1.54, 1.807) is 4.90 Å². The minimum absolute atomic E-state index is 0. The molecule has 1 amide bonds. The molecule has 0 spiro atoms. The van der Waals surface area contributed by atoms with Crippen LogP contribution in [0.2, 0.25) is 0 Å². The molecule has 22 heavy (non-hydrogen) atoms. The van der Waals surface area contributed by atoms with Crippen molar-refractivity contribution in [2.24, 2.45) is 0 Å². The van der Waals surface area contributed by atoms with E-state index in [4.69, 9.17) is 4.74 Å². The number of aliphatic hydroxyl groups excluding tert-OH is 1. The van der Waals surface area contributed by atoms with Gasteiger partial charge in [-0.3, -0.25) is 9.69 Å². The fraction of sp³-hybridized carbons (Fsp3) is 0.929. The van der Waals surface area contributed by atoms with Gasteiger partial charge >= 0.3 is 0 Å². The van der Waals surface area contributed by atoms with Crippen LogP contribution in [0.25, 0.3) is 0 Å². The molecule has 0 unspecified atom stereocenters. The van der Waals surface area contributed by atoms with E-state index < -0.39 is 6.10 Å². The van der Waals surface area contributed by atoms with E-state index in [1.165, 1.54) is 0 Å². The lowest BCUT2D eigenvalue weighted by Crippen LogP contribution is -2.51. The molecule has 2 atom stereocenters. The number of rotatable bonds is 5. The van der Waals surface area contributed by atoms with Crippen LogP contribution in [0, 0.1) is 0 Å². The zero-order valence-corrected chi connectivity index (χ0v) is 15.0. The number of halogens is 2. The van der Waals surface area contributed by atoms with Gasteiger partial charge < -0.3 is 20.1 Å². The normalized spacial score (nSPS) is 25.5. The molecule has 0 radical (unpaired) electrons. The Hall–Kier alpha value is -0.110. The molecule has 8 heteroatoms. The van der Waals surface area contributed by atoms with Crippen molar-refractivity contribution in [1.82, 2.24) is 15.1 Å². The molecule has 2 heterocycles. The van der Waals surface area contributed by atoms with Crippen LogP contribution in [-0.4, -0.2) is 85.4 Å². The van der Waals surface area contributed by atoms with Gasteiger partial charge in [0.1, 0.15) is 0 Å². The summed E-state index contributed by atoms with van der Waals surface area (Å²) in [7, 11) is 2.02. The lowest BCUT2D eigenvalue weighted by atomic mass is 10.1. The minimum Gasteiger partial charge on any atom is -0.388 e. The highest BCUT2D eigenvalue weighted by Gasteiger charge is 2.34. The molecule has 2 aliphatic rings. The van der Waals surface area contributed by atoms with E-state index >= 15 is 0 Å². The Morgan fingerprint density at radius 1 is 1.27 bits per heavy atom. The molecule has 0 aromatic heterocycles. The molecule has 132 valence electrons. The standard InChI is InChI=1S/C14H27N3O3.2ClH/c1-3-17(12-9-20-10-13(12)18)14(19)8-16(2)11-4-6-15-7-5-11;;/h11-13,15,18H,3-10H2,1-2H3;2*1H/t12-,13-;;/m0../s1. The summed E-state index contributed by atoms with van der Waals surface area (Å²) >= 11 is 0. The lowest BCUT2D eigenvalue weighted by Gasteiger charge is -2.34. The van der Waals surface area contributed by atoms with Crippen molar-refractivity contribution in [2.45, 2.75) is 38.0 Å². The maximum Gasteiger partial charge on any atom is 0.237 e. The first-order valence-electron chi connectivity index (χ1n) is 7.59. The number of nitrogens with zero attached hydrogens (tertiary/aromatic N) is 2. The van der Waals surface area contributed by atoms with Gasteiger partial charge in [0.2, 0.25) is 5.91 Å². The van der Waals surface area contributed by atoms with Crippen molar-refractivity contribution in [2.75, 3.05) is 46.4 Å². The third-order valence-electron chi connectivity index (χ3n) is 4.40. The highest BCUT2D eigenvalue weighted by Crippen LogP contribution is 2.15. The van der Waals surface area contributed by atoms with E-state index in [2.05, 4.69) is 10.2 Å². The molecular formula is C14H29Cl2N3O3. The second-order valence-electron chi connectivity index (χ2n) is 5.75. The van der Waals surface area contributed by atoms with Crippen molar-refractivity contribution in [1.29, 1.82) is 0 Å². The van der Waals surface area contributed by atoms with Gasteiger partial charge in [-0.15, -0.1) is 24.8 Å². The van der Waals surface area contributed by atoms with Gasteiger partial charge in [-0.05, 0) is 39.9 Å². The van der Waals surface area contributed by atoms with Gasteiger partial charge in [-0.25, -0.2) is 0 Å². The van der Waals surface area contributed by atoms with Crippen molar-refractivity contribution in [3.05, 3.63) is 0 Å². The van der Waals surface area contributed by atoms with E-state index in [1.807, 2.05) is 14.0 Å². The minimum atomic E-state index is -0.553. The summed E-state index contributed by atoms with van der Waals surface area (Å²) in [6, 6.07) is 0.289. The molecule has 2 N–H and O–H groups in total. The number of piperidine rings is 1. The number of hydrogen-bond acceptors (Lipinski definition) is 5. The van der Waals surface area contributed by atoms with Crippen LogP contribution in [0.15, 0.2) is 0 Å². The first-order valence-corrected chi connectivity index (χ1v) is 7.59. The molecule has 0 aromatic carbocycles. The Morgan fingerprint density at radius 3 is 2.41 bits per heavy atom. The molecular weight excluding hydrogens is 329 g/mol. The number of likely N-dealkylation sites (N-methyl/N-ethyl adjacent to an activating group) is 2. The maximum absolute atomic E-state index is 12.5. The average Bonchev–Trinajstić information content (AvgIpc) is 2.87. The number of hydrogen-bond donors (Lipinski definition) is 2. The monoisotopic (exact) mass is 357 g/mol. The third kappa shape index (κ3) is 5.51. The highest BCUT2D eigenvalue weighted by atomic mass is 35.5. The van der Waals surface area contributed by atoms with Gasteiger partial charge in [0.05, 0.1) is 31.9 Å². The maximum atomic E-state index is 12.5. The van der Waals surface area contributed by atoms with E-state index in [0.29, 0.717) is 32.3 Å². The van der Waals surface area contributed by atoms with Gasteiger partial charge in [0.15, 0.2) is 0 Å². The van der Waals surface area contributed by atoms with Crippen molar-refractivity contribution >= 4 is 30.7 Å². The smallest absolute Gasteiger partial charge is 0.237 e. The Kier molecular flexibility index (Phi) is 10.6. The molecule has 0 saturated carbocycles. The Balaban J connectivity index is 0.00000220. The Labute approximate surface area is 145 Å². The third-order valence-corrected chi connectivity index (χ3v) is 4.40. The Morgan fingerprint density at radius 2 is 1.91 bits per heavy atom. The summed E-state index contributed by atoms with van der Waals surface area (Å²) in [5.41, 5.74) is 0. The summed E-state index contributed by atoms with van der Waals surface area (Å²) in [5.74, 6) is 0.0862. The SMILES string of the molecule is CCN(C(=O)CN(C)C1CCNCC1)[C@H]1COC[C@@H]1O.Cl.Cl. The van der Waals surface area contributed by atoms with E-state index in [9.17, 15) is 9.90 Å². The summed E-state index contributed by atoms with van der Waals surface area (Å²) in [4.78, 5) is 16.4. The molecule has 2 saturated heterocycles. The summed E-state index contributed by atoms with van der Waals surface area (Å²) in [6.07, 6.45) is 1.62. The first kappa shape index (κ1) is 21.9. The molecule has 0 bridgehead atoms. The molecule has 0 aromatic rings. The summed E-state index contributed by atoms with van der Waals surface area (Å²) in [5, 5.41) is 13.2. The fourth-order valence-electron chi connectivity index (χ4n) is 3.11. The first-order chi connectivity index (χ1) is 9.63. The van der Waals surface area contributed by atoms with Crippen LogP contribution < -0.4 is 5.32 Å². The molecule has 2 rings (SSSR count). The zero-order chi connectivity index (χ0) is 14.5. The average molecular weight is 358 g/mol. The molecule has 2 fully saturated rings. The number of nitrogens with one attached hydrogen (secondary N) is 1. The zero-order valence-electron chi connectivity index (χ0n) is 13.4. The topological polar surface area (TPSA) is 65.0 Å². The van der Waals surface area contributed by atoms with Crippen molar-refractivity contribution in [3.8, 4) is 0 Å². The van der Waals surface area contributed by atoms with Crippen LogP contribution in [0.4, 0.5) is 0 Å². The lowest BCUT2D eigenvalue weighted by molar-refractivity contribution is -0.136. The second kappa shape index (κ2) is 10.6. The van der Waals surface area contributed by atoms with Crippen LogP contribution in [0.5, 0.6) is 0 Å². The predicted octanol–water partition coefficient (Wildman–Crippen LogP) is 0.122. The van der Waals surface area contributed by atoms with Gasteiger partial charge in [-0.2, -0.15) is 0 Å². The number of carbonyl (C=O) groups is 1. The fourth-order valence-corrected chi connectivity index (χ4v) is 3.11. The Bertz CT molecular complexity index is 330. The number of ether oxygens (including phenoxy) is 1. The van der Waals surface area contributed by atoms with Crippen LogP contribution in [-0.2, 0) is 9.53 Å². The van der Waals surface area contributed by atoms with Crippen LogP contribution in [0.3, 0.4) is 0 Å². The van der Waals surface area contributed by atoms with Gasteiger partial charge in [0, 0.05) is 12.6 Å². The summed E-state index contributed by atoms with van der Waals surface area (Å²) in [6.45, 7) is 5.81. The largest absolute Gasteiger partial charge is 0.388 e. The second-order valence-corrected chi connectivity index (χ2v) is 5.75. The van der Waals surface area contributed by atoms with E-state index in [-0.39, 0.29) is 36.8 Å². The van der Waals surface area contributed by atoms with Gasteiger partial charge in [-0.1, -0.05) is 0 Å².